The van der Waals surface area contributed by atoms with Crippen LogP contribution in [0.4, 0.5) is 5.69 Å². The molecule has 1 heterocycles. The highest BCUT2D eigenvalue weighted by atomic mass is 16.5. The van der Waals surface area contributed by atoms with E-state index in [4.69, 9.17) is 4.74 Å². The van der Waals surface area contributed by atoms with Crippen molar-refractivity contribution in [2.24, 2.45) is 0 Å². The van der Waals surface area contributed by atoms with Crippen LogP contribution in [0.5, 0.6) is 0 Å². The van der Waals surface area contributed by atoms with Gasteiger partial charge in [0.25, 0.3) is 0 Å². The van der Waals surface area contributed by atoms with E-state index >= 15 is 0 Å². The van der Waals surface area contributed by atoms with Gasteiger partial charge in [0.15, 0.2) is 5.78 Å². The molecule has 0 radical (unpaired) electrons. The number of anilines is 1. The summed E-state index contributed by atoms with van der Waals surface area (Å²) in [6.45, 7) is 1.96. The van der Waals surface area contributed by atoms with Crippen molar-refractivity contribution in [2.75, 3.05) is 12.0 Å². The zero-order valence-corrected chi connectivity index (χ0v) is 17.6. The van der Waals surface area contributed by atoms with Crippen LogP contribution in [-0.2, 0) is 9.53 Å². The van der Waals surface area contributed by atoms with E-state index in [1.165, 1.54) is 12.0 Å². The van der Waals surface area contributed by atoms with Crippen LogP contribution in [0.15, 0.2) is 84.9 Å². The third-order valence-corrected chi connectivity index (χ3v) is 5.94. The van der Waals surface area contributed by atoms with Gasteiger partial charge in [-0.3, -0.25) is 4.79 Å². The van der Waals surface area contributed by atoms with Crippen LogP contribution in [0.3, 0.4) is 0 Å². The zero-order chi connectivity index (χ0) is 22.0. The average molecular weight is 415 g/mol. The normalized spacial score (nSPS) is 22.9. The molecule has 3 aromatic carbocycles. The SMILES string of the molecule is COC(=O)[C@@]1(O)C[C@@H](c2ccccc2)[C@H](C(=O)c2ccccc2)N1c1ccc(C)cc1. The lowest BCUT2D eigenvalue weighted by atomic mass is 9.86. The van der Waals surface area contributed by atoms with E-state index < -0.39 is 23.7 Å². The Bertz CT molecular complexity index is 1070. The maximum Gasteiger partial charge on any atom is 0.359 e. The molecule has 0 bridgehead atoms. The first-order valence-electron chi connectivity index (χ1n) is 10.3. The Morgan fingerprint density at radius 3 is 2.10 bits per heavy atom. The van der Waals surface area contributed by atoms with Crippen molar-refractivity contribution in [2.45, 2.75) is 31.0 Å². The van der Waals surface area contributed by atoms with Crippen LogP contribution in [0.2, 0.25) is 0 Å². The van der Waals surface area contributed by atoms with Crippen LogP contribution in [0.25, 0.3) is 0 Å². The van der Waals surface area contributed by atoms with E-state index in [9.17, 15) is 14.7 Å². The van der Waals surface area contributed by atoms with Gasteiger partial charge in [0.1, 0.15) is 6.04 Å². The van der Waals surface area contributed by atoms with Gasteiger partial charge in [-0.1, -0.05) is 78.4 Å². The van der Waals surface area contributed by atoms with E-state index in [2.05, 4.69) is 0 Å². The average Bonchev–Trinajstić information content (AvgIpc) is 3.14. The third-order valence-electron chi connectivity index (χ3n) is 5.94. The molecule has 0 saturated carbocycles. The number of carbonyl (C=O) groups is 2. The number of nitrogens with zero attached hydrogens (tertiary/aromatic N) is 1. The fourth-order valence-corrected chi connectivity index (χ4v) is 4.42. The van der Waals surface area contributed by atoms with E-state index in [-0.39, 0.29) is 12.2 Å². The molecule has 1 aliphatic heterocycles. The number of carbonyl (C=O) groups excluding carboxylic acids is 2. The van der Waals surface area contributed by atoms with Gasteiger partial charge >= 0.3 is 5.97 Å². The summed E-state index contributed by atoms with van der Waals surface area (Å²) in [4.78, 5) is 28.2. The molecule has 0 aliphatic carbocycles. The number of hydrogen-bond donors (Lipinski definition) is 1. The third kappa shape index (κ3) is 3.73. The first kappa shape index (κ1) is 20.8. The van der Waals surface area contributed by atoms with Gasteiger partial charge in [-0.25, -0.2) is 4.79 Å². The lowest BCUT2D eigenvalue weighted by Gasteiger charge is -2.36. The molecule has 3 atom stereocenters. The van der Waals surface area contributed by atoms with E-state index in [0.717, 1.165) is 11.1 Å². The van der Waals surface area contributed by atoms with Crippen molar-refractivity contribution in [3.05, 3.63) is 102 Å². The molecule has 1 fully saturated rings. The Morgan fingerprint density at radius 2 is 1.52 bits per heavy atom. The van der Waals surface area contributed by atoms with Gasteiger partial charge in [-0.05, 0) is 24.6 Å². The molecule has 5 heteroatoms. The van der Waals surface area contributed by atoms with E-state index in [1.807, 2.05) is 79.7 Å². The van der Waals surface area contributed by atoms with Crippen molar-refractivity contribution in [3.8, 4) is 0 Å². The minimum Gasteiger partial charge on any atom is -0.465 e. The molecule has 1 N–H and O–H groups in total. The Kier molecular flexibility index (Phi) is 5.61. The molecule has 0 spiro atoms. The summed E-state index contributed by atoms with van der Waals surface area (Å²) in [6.07, 6.45) is 0.0425. The molecule has 0 aromatic heterocycles. The predicted octanol–water partition coefficient (Wildman–Crippen LogP) is 4.10. The first-order valence-corrected chi connectivity index (χ1v) is 10.3. The van der Waals surface area contributed by atoms with Crippen LogP contribution >= 0.6 is 0 Å². The smallest absolute Gasteiger partial charge is 0.359 e. The minimum atomic E-state index is -1.97. The second kappa shape index (κ2) is 8.36. The fraction of sp³-hybridized carbons (Fsp3) is 0.231. The number of rotatable bonds is 5. The summed E-state index contributed by atoms with van der Waals surface area (Å²) in [7, 11) is 1.25. The fourth-order valence-electron chi connectivity index (χ4n) is 4.42. The van der Waals surface area contributed by atoms with Crippen molar-refractivity contribution < 1.29 is 19.4 Å². The molecule has 4 rings (SSSR count). The van der Waals surface area contributed by atoms with Crippen molar-refractivity contribution in [1.29, 1.82) is 0 Å². The number of aliphatic hydroxyl groups is 1. The lowest BCUT2D eigenvalue weighted by Crippen LogP contribution is -2.55. The number of ketones is 1. The Labute approximate surface area is 181 Å². The van der Waals surface area contributed by atoms with Crippen LogP contribution < -0.4 is 4.90 Å². The predicted molar refractivity (Wildman–Crippen MR) is 119 cm³/mol. The maximum absolute atomic E-state index is 13.8. The molecular weight excluding hydrogens is 390 g/mol. The van der Waals surface area contributed by atoms with Crippen LogP contribution in [-0.4, -0.2) is 35.7 Å². The molecule has 31 heavy (non-hydrogen) atoms. The summed E-state index contributed by atoms with van der Waals surface area (Å²) in [5.74, 6) is -1.34. The molecule has 5 nitrogen and oxygen atoms in total. The molecular formula is C26H25NO4. The Balaban J connectivity index is 1.91. The van der Waals surface area contributed by atoms with Gasteiger partial charge in [-0.15, -0.1) is 0 Å². The topological polar surface area (TPSA) is 66.8 Å². The second-order valence-corrected chi connectivity index (χ2v) is 7.91. The summed E-state index contributed by atoms with van der Waals surface area (Å²) < 4.78 is 4.99. The summed E-state index contributed by atoms with van der Waals surface area (Å²) in [6, 6.07) is 25.2. The summed E-state index contributed by atoms with van der Waals surface area (Å²) in [5.41, 5.74) is 1.06. The summed E-state index contributed by atoms with van der Waals surface area (Å²) in [5, 5.41) is 11.6. The number of methoxy groups -OCH3 is 1. The van der Waals surface area contributed by atoms with Crippen molar-refractivity contribution >= 4 is 17.4 Å². The van der Waals surface area contributed by atoms with Crippen molar-refractivity contribution in [3.63, 3.8) is 0 Å². The van der Waals surface area contributed by atoms with Crippen LogP contribution in [0.1, 0.15) is 33.8 Å². The monoisotopic (exact) mass is 415 g/mol. The number of esters is 1. The van der Waals surface area contributed by atoms with E-state index in [1.54, 1.807) is 12.1 Å². The zero-order valence-electron chi connectivity index (χ0n) is 17.6. The first-order chi connectivity index (χ1) is 15.0. The van der Waals surface area contributed by atoms with Gasteiger partial charge < -0.3 is 14.7 Å². The van der Waals surface area contributed by atoms with Gasteiger partial charge in [0.2, 0.25) is 5.72 Å². The van der Waals surface area contributed by atoms with E-state index in [0.29, 0.717) is 11.3 Å². The maximum atomic E-state index is 13.8. The quantitative estimate of drug-likeness (QED) is 0.502. The number of aryl methyl sites for hydroxylation is 1. The summed E-state index contributed by atoms with van der Waals surface area (Å²) >= 11 is 0. The number of ether oxygens (including phenoxy) is 1. The molecule has 0 unspecified atom stereocenters. The van der Waals surface area contributed by atoms with Gasteiger partial charge in [-0.2, -0.15) is 0 Å². The highest BCUT2D eigenvalue weighted by Crippen LogP contribution is 2.46. The number of Topliss-reactive ketones (excluding diaryl/α,β-unsaturated/α-hetero) is 1. The molecule has 1 aliphatic rings. The molecule has 158 valence electrons. The van der Waals surface area contributed by atoms with Crippen molar-refractivity contribution in [1.82, 2.24) is 0 Å². The largest absolute Gasteiger partial charge is 0.465 e. The van der Waals surface area contributed by atoms with Gasteiger partial charge in [0, 0.05) is 23.6 Å². The highest BCUT2D eigenvalue weighted by molar-refractivity contribution is 6.05. The molecule has 0 amide bonds. The second-order valence-electron chi connectivity index (χ2n) is 7.91. The molecule has 1 saturated heterocycles. The number of benzene rings is 3. The Hall–Kier alpha value is -3.44. The minimum absolute atomic E-state index is 0.0425. The standard InChI is InChI=1S/C26H25NO4/c1-18-13-15-21(16-14-18)27-23(24(28)20-11-7-4-8-12-20)22(19-9-5-3-6-10-19)17-26(27,30)25(29)31-2/h3-16,22-23,30H,17H2,1-2H3/t22-,23+,26-/m0/s1. The van der Waals surface area contributed by atoms with Gasteiger partial charge in [0.05, 0.1) is 7.11 Å². The number of hydrogen-bond acceptors (Lipinski definition) is 5. The van der Waals surface area contributed by atoms with Crippen LogP contribution in [0, 0.1) is 6.92 Å². The lowest BCUT2D eigenvalue weighted by molar-refractivity contribution is -0.161. The Morgan fingerprint density at radius 1 is 0.935 bits per heavy atom. The molecule has 3 aromatic rings. The highest BCUT2D eigenvalue weighted by Gasteiger charge is 2.59.